The van der Waals surface area contributed by atoms with Crippen LogP contribution in [-0.4, -0.2) is 9.97 Å². The van der Waals surface area contributed by atoms with Crippen molar-refractivity contribution in [1.82, 2.24) is 9.97 Å². The standard InChI is InChI=1S/C16H12N2/c1-3-13-9-7-11-5-6-12-8-10-14(4-2)18-16(12)15(11)17-13/h3-10H,1-2H2. The number of hydrogen-bond donors (Lipinski definition) is 0. The summed E-state index contributed by atoms with van der Waals surface area (Å²) in [5.41, 5.74) is 3.55. The molecule has 3 rings (SSSR count). The molecule has 0 saturated heterocycles. The lowest BCUT2D eigenvalue weighted by atomic mass is 10.1. The molecule has 2 nitrogen and oxygen atoms in total. The highest BCUT2D eigenvalue weighted by Gasteiger charge is 2.04. The van der Waals surface area contributed by atoms with Gasteiger partial charge in [-0.05, 0) is 24.3 Å². The van der Waals surface area contributed by atoms with Crippen molar-refractivity contribution in [3.63, 3.8) is 0 Å². The summed E-state index contributed by atoms with van der Waals surface area (Å²) in [6.07, 6.45) is 3.49. The second kappa shape index (κ2) is 4.08. The van der Waals surface area contributed by atoms with Crippen molar-refractivity contribution in [2.75, 3.05) is 0 Å². The van der Waals surface area contributed by atoms with E-state index >= 15 is 0 Å². The quantitative estimate of drug-likeness (QED) is 0.622. The first-order valence-corrected chi connectivity index (χ1v) is 5.77. The third kappa shape index (κ3) is 1.59. The first-order chi connectivity index (χ1) is 8.81. The van der Waals surface area contributed by atoms with Crippen molar-refractivity contribution >= 4 is 34.0 Å². The van der Waals surface area contributed by atoms with Crippen LogP contribution in [0, 0.1) is 0 Å². The molecule has 0 N–H and O–H groups in total. The molecule has 0 saturated carbocycles. The number of pyridine rings is 2. The lowest BCUT2D eigenvalue weighted by Crippen LogP contribution is -1.89. The molecule has 2 heteroatoms. The van der Waals surface area contributed by atoms with E-state index < -0.39 is 0 Å². The molecule has 3 aromatic rings. The van der Waals surface area contributed by atoms with E-state index in [0.29, 0.717) is 0 Å². The SMILES string of the molecule is C=Cc1ccc2ccc3ccc(C=C)nc3c2n1. The second-order valence-electron chi connectivity index (χ2n) is 4.09. The van der Waals surface area contributed by atoms with E-state index in [2.05, 4.69) is 35.3 Å². The van der Waals surface area contributed by atoms with Crippen LogP contribution in [0.1, 0.15) is 11.4 Å². The van der Waals surface area contributed by atoms with E-state index in [4.69, 9.17) is 0 Å². The minimum atomic E-state index is 0.862. The van der Waals surface area contributed by atoms with Crippen LogP contribution in [0.5, 0.6) is 0 Å². The van der Waals surface area contributed by atoms with E-state index in [1.807, 2.05) is 24.3 Å². The van der Waals surface area contributed by atoms with Gasteiger partial charge in [-0.15, -0.1) is 0 Å². The summed E-state index contributed by atoms with van der Waals surface area (Å²) in [6, 6.07) is 12.1. The number of aromatic nitrogens is 2. The minimum absolute atomic E-state index is 0.862. The number of rotatable bonds is 2. The third-order valence-corrected chi connectivity index (χ3v) is 2.98. The Morgan fingerprint density at radius 1 is 0.667 bits per heavy atom. The number of benzene rings is 1. The largest absolute Gasteiger partial charge is 0.246 e. The maximum Gasteiger partial charge on any atom is 0.0972 e. The van der Waals surface area contributed by atoms with Crippen LogP contribution in [0.15, 0.2) is 49.6 Å². The molecular weight excluding hydrogens is 220 g/mol. The smallest absolute Gasteiger partial charge is 0.0972 e. The van der Waals surface area contributed by atoms with Gasteiger partial charge in [-0.2, -0.15) is 0 Å². The van der Waals surface area contributed by atoms with Gasteiger partial charge < -0.3 is 0 Å². The van der Waals surface area contributed by atoms with Crippen molar-refractivity contribution in [2.24, 2.45) is 0 Å². The summed E-state index contributed by atoms with van der Waals surface area (Å²) in [6.45, 7) is 7.50. The number of fused-ring (bicyclic) bond motifs is 3. The Morgan fingerprint density at radius 3 is 1.44 bits per heavy atom. The van der Waals surface area contributed by atoms with Gasteiger partial charge in [-0.25, -0.2) is 9.97 Å². The Balaban J connectivity index is 2.48. The molecule has 0 spiro atoms. The molecular formula is C16H12N2. The molecule has 0 aliphatic heterocycles. The zero-order chi connectivity index (χ0) is 12.5. The summed E-state index contributed by atoms with van der Waals surface area (Å²) >= 11 is 0. The van der Waals surface area contributed by atoms with Gasteiger partial charge >= 0.3 is 0 Å². The van der Waals surface area contributed by atoms with Gasteiger partial charge in [-0.1, -0.05) is 37.4 Å². The summed E-state index contributed by atoms with van der Waals surface area (Å²) in [7, 11) is 0. The van der Waals surface area contributed by atoms with Crippen molar-refractivity contribution in [2.45, 2.75) is 0 Å². The highest BCUT2D eigenvalue weighted by atomic mass is 14.8. The van der Waals surface area contributed by atoms with Gasteiger partial charge in [0.25, 0.3) is 0 Å². The molecule has 0 unspecified atom stereocenters. The lowest BCUT2D eigenvalue weighted by molar-refractivity contribution is 1.34. The predicted molar refractivity (Wildman–Crippen MR) is 77.2 cm³/mol. The van der Waals surface area contributed by atoms with E-state index in [9.17, 15) is 0 Å². The average Bonchev–Trinajstić information content (AvgIpc) is 2.45. The van der Waals surface area contributed by atoms with Crippen molar-refractivity contribution in [3.8, 4) is 0 Å². The lowest BCUT2D eigenvalue weighted by Gasteiger charge is -2.04. The van der Waals surface area contributed by atoms with Crippen LogP contribution >= 0.6 is 0 Å². The zero-order valence-corrected chi connectivity index (χ0v) is 9.93. The van der Waals surface area contributed by atoms with E-state index in [1.54, 1.807) is 12.2 Å². The minimum Gasteiger partial charge on any atom is -0.246 e. The molecule has 18 heavy (non-hydrogen) atoms. The van der Waals surface area contributed by atoms with E-state index in [-0.39, 0.29) is 0 Å². The average molecular weight is 232 g/mol. The Morgan fingerprint density at radius 2 is 1.06 bits per heavy atom. The van der Waals surface area contributed by atoms with Gasteiger partial charge in [-0.3, -0.25) is 0 Å². The fourth-order valence-electron chi connectivity index (χ4n) is 2.03. The summed E-state index contributed by atoms with van der Waals surface area (Å²) in [5, 5.41) is 2.17. The second-order valence-corrected chi connectivity index (χ2v) is 4.09. The first-order valence-electron chi connectivity index (χ1n) is 5.77. The van der Waals surface area contributed by atoms with E-state index in [1.165, 1.54) is 0 Å². The molecule has 0 atom stereocenters. The molecule has 1 aromatic carbocycles. The summed E-state index contributed by atoms with van der Waals surface area (Å²) in [4.78, 5) is 9.16. The predicted octanol–water partition coefficient (Wildman–Crippen LogP) is 4.07. The van der Waals surface area contributed by atoms with Crippen molar-refractivity contribution in [1.29, 1.82) is 0 Å². The van der Waals surface area contributed by atoms with Crippen molar-refractivity contribution < 1.29 is 0 Å². The fraction of sp³-hybridized carbons (Fsp3) is 0. The zero-order valence-electron chi connectivity index (χ0n) is 9.93. The van der Waals surface area contributed by atoms with Crippen LogP contribution in [0.3, 0.4) is 0 Å². The van der Waals surface area contributed by atoms with Gasteiger partial charge in [0, 0.05) is 10.8 Å². The van der Waals surface area contributed by atoms with Gasteiger partial charge in [0.15, 0.2) is 0 Å². The van der Waals surface area contributed by atoms with Gasteiger partial charge in [0.1, 0.15) is 0 Å². The maximum atomic E-state index is 4.58. The molecule has 0 aliphatic rings. The Bertz CT molecular complexity index is 706. The van der Waals surface area contributed by atoms with Crippen LogP contribution in [0.25, 0.3) is 34.0 Å². The van der Waals surface area contributed by atoms with Gasteiger partial charge in [0.2, 0.25) is 0 Å². The third-order valence-electron chi connectivity index (χ3n) is 2.98. The van der Waals surface area contributed by atoms with Crippen LogP contribution < -0.4 is 0 Å². The molecule has 0 fully saturated rings. The summed E-state index contributed by atoms with van der Waals surface area (Å²) in [5.74, 6) is 0. The Kier molecular flexibility index (Phi) is 2.41. The van der Waals surface area contributed by atoms with Gasteiger partial charge in [0.05, 0.1) is 22.4 Å². The maximum absolute atomic E-state index is 4.58. The highest BCUT2D eigenvalue weighted by Crippen LogP contribution is 2.23. The summed E-state index contributed by atoms with van der Waals surface area (Å²) < 4.78 is 0. The topological polar surface area (TPSA) is 25.8 Å². The highest BCUT2D eigenvalue weighted by molar-refractivity contribution is 6.03. The molecule has 0 bridgehead atoms. The first kappa shape index (κ1) is 10.7. The van der Waals surface area contributed by atoms with Crippen LogP contribution in [0.4, 0.5) is 0 Å². The molecule has 86 valence electrons. The fourth-order valence-corrected chi connectivity index (χ4v) is 2.03. The molecule has 2 heterocycles. The molecule has 0 amide bonds. The molecule has 0 aliphatic carbocycles. The Labute approximate surface area is 105 Å². The van der Waals surface area contributed by atoms with Crippen LogP contribution in [0.2, 0.25) is 0 Å². The van der Waals surface area contributed by atoms with Crippen molar-refractivity contribution in [3.05, 3.63) is 60.9 Å². The monoisotopic (exact) mass is 232 g/mol. The number of nitrogens with zero attached hydrogens (tertiary/aromatic N) is 2. The van der Waals surface area contributed by atoms with E-state index in [0.717, 1.165) is 33.2 Å². The number of hydrogen-bond acceptors (Lipinski definition) is 2. The normalized spacial score (nSPS) is 10.7. The molecule has 2 aromatic heterocycles. The van der Waals surface area contributed by atoms with Crippen LogP contribution in [-0.2, 0) is 0 Å². The molecule has 0 radical (unpaired) electrons. The Hall–Kier alpha value is -2.48.